The van der Waals surface area contributed by atoms with E-state index < -0.39 is 0 Å². The highest BCUT2D eigenvalue weighted by atomic mass is 32.1. The van der Waals surface area contributed by atoms with Crippen LogP contribution in [0.2, 0.25) is 0 Å². The second-order valence-corrected chi connectivity index (χ2v) is 8.36. The molecule has 2 amide bonds. The lowest BCUT2D eigenvalue weighted by atomic mass is 9.95. The molecule has 0 fully saturated rings. The molecule has 0 saturated carbocycles. The number of hydrogen-bond acceptors (Lipinski definition) is 5. The van der Waals surface area contributed by atoms with Crippen LogP contribution >= 0.6 is 11.3 Å². The number of thiophene rings is 1. The van der Waals surface area contributed by atoms with Gasteiger partial charge in [0.2, 0.25) is 6.79 Å². The van der Waals surface area contributed by atoms with Crippen LogP contribution in [0.15, 0.2) is 48.5 Å². The summed E-state index contributed by atoms with van der Waals surface area (Å²) < 4.78 is 10.7. The van der Waals surface area contributed by atoms with E-state index in [1.807, 2.05) is 18.2 Å². The summed E-state index contributed by atoms with van der Waals surface area (Å²) in [6, 6.07) is 14.3. The third kappa shape index (κ3) is 3.52. The van der Waals surface area contributed by atoms with Gasteiger partial charge < -0.3 is 20.1 Å². The zero-order chi connectivity index (χ0) is 20.5. The van der Waals surface area contributed by atoms with Gasteiger partial charge in [-0.1, -0.05) is 18.2 Å². The third-order valence-electron chi connectivity index (χ3n) is 5.29. The minimum atomic E-state index is -0.225. The van der Waals surface area contributed by atoms with Gasteiger partial charge in [-0.15, -0.1) is 11.3 Å². The molecule has 152 valence electrons. The summed E-state index contributed by atoms with van der Waals surface area (Å²) in [4.78, 5) is 27.2. The van der Waals surface area contributed by atoms with Crippen LogP contribution in [-0.4, -0.2) is 18.6 Å². The molecule has 0 atom stereocenters. The number of carbonyl (C=O) groups excluding carboxylic acids is 2. The molecule has 2 aromatic carbocycles. The number of carbonyl (C=O) groups is 2. The first-order valence-electron chi connectivity index (χ1n) is 9.91. The molecule has 0 radical (unpaired) electrons. The Morgan fingerprint density at radius 3 is 2.53 bits per heavy atom. The fourth-order valence-electron chi connectivity index (χ4n) is 3.83. The number of hydrogen-bond donors (Lipinski definition) is 2. The van der Waals surface area contributed by atoms with Gasteiger partial charge in [0.1, 0.15) is 5.00 Å². The molecular weight excluding hydrogens is 400 g/mol. The van der Waals surface area contributed by atoms with E-state index in [2.05, 4.69) is 10.6 Å². The van der Waals surface area contributed by atoms with Crippen molar-refractivity contribution >= 4 is 33.8 Å². The molecule has 0 unspecified atom stereocenters. The Morgan fingerprint density at radius 1 is 0.867 bits per heavy atom. The lowest BCUT2D eigenvalue weighted by Gasteiger charge is -2.13. The Balaban J connectivity index is 1.45. The summed E-state index contributed by atoms with van der Waals surface area (Å²) in [5, 5.41) is 6.53. The molecule has 1 aliphatic heterocycles. The number of benzene rings is 2. The summed E-state index contributed by atoms with van der Waals surface area (Å²) in [6.07, 6.45) is 3.92. The largest absolute Gasteiger partial charge is 0.454 e. The zero-order valence-electron chi connectivity index (χ0n) is 16.2. The van der Waals surface area contributed by atoms with Crippen molar-refractivity contribution in [2.24, 2.45) is 0 Å². The molecule has 3 aromatic rings. The molecule has 2 aliphatic rings. The number of nitrogens with one attached hydrogen (secondary N) is 2. The summed E-state index contributed by atoms with van der Waals surface area (Å²) in [6.45, 7) is 0.181. The number of ether oxygens (including phenoxy) is 2. The normalized spacial score (nSPS) is 14.1. The number of amides is 2. The Hall–Kier alpha value is -3.32. The number of fused-ring (bicyclic) bond motifs is 2. The maximum absolute atomic E-state index is 13.3. The van der Waals surface area contributed by atoms with E-state index in [0.717, 1.165) is 31.2 Å². The van der Waals surface area contributed by atoms with Gasteiger partial charge in [0.05, 0.1) is 5.56 Å². The first kappa shape index (κ1) is 18.7. The summed E-state index contributed by atoms with van der Waals surface area (Å²) in [7, 11) is 0. The Labute approximate surface area is 177 Å². The molecule has 6 nitrogen and oxygen atoms in total. The molecule has 2 heterocycles. The van der Waals surface area contributed by atoms with Crippen LogP contribution in [0.1, 0.15) is 44.0 Å². The molecule has 2 N–H and O–H groups in total. The second-order valence-electron chi connectivity index (χ2n) is 7.26. The minimum Gasteiger partial charge on any atom is -0.454 e. The Morgan fingerprint density at radius 2 is 1.67 bits per heavy atom. The molecule has 1 aliphatic carbocycles. The standard InChI is InChI=1S/C23H20N2O4S/c26-21(14-6-2-1-3-7-14)25-23-20(16-8-4-5-9-19(16)30-23)22(27)24-15-10-11-17-18(12-15)29-13-28-17/h1-3,6-7,10-12H,4-5,8-9,13H2,(H,24,27)(H,25,26). The monoisotopic (exact) mass is 420 g/mol. The van der Waals surface area contributed by atoms with Gasteiger partial charge >= 0.3 is 0 Å². The molecule has 30 heavy (non-hydrogen) atoms. The lowest BCUT2D eigenvalue weighted by molar-refractivity contribution is 0.102. The van der Waals surface area contributed by atoms with Crippen LogP contribution in [0.3, 0.4) is 0 Å². The van der Waals surface area contributed by atoms with Crippen LogP contribution in [0.5, 0.6) is 11.5 Å². The van der Waals surface area contributed by atoms with E-state index >= 15 is 0 Å². The Kier molecular flexibility index (Phi) is 4.88. The molecule has 1 aromatic heterocycles. The van der Waals surface area contributed by atoms with Crippen molar-refractivity contribution in [2.75, 3.05) is 17.4 Å². The van der Waals surface area contributed by atoms with Crippen molar-refractivity contribution in [1.82, 2.24) is 0 Å². The summed E-state index contributed by atoms with van der Waals surface area (Å²) in [5.74, 6) is 0.831. The molecule has 0 bridgehead atoms. The third-order valence-corrected chi connectivity index (χ3v) is 6.50. The van der Waals surface area contributed by atoms with E-state index in [4.69, 9.17) is 9.47 Å². The molecule has 0 spiro atoms. The first-order valence-corrected chi connectivity index (χ1v) is 10.7. The maximum Gasteiger partial charge on any atom is 0.258 e. The first-order chi connectivity index (χ1) is 14.7. The molecule has 0 saturated heterocycles. The zero-order valence-corrected chi connectivity index (χ0v) is 17.0. The van der Waals surface area contributed by atoms with Crippen molar-refractivity contribution < 1.29 is 19.1 Å². The van der Waals surface area contributed by atoms with Crippen molar-refractivity contribution in [3.8, 4) is 11.5 Å². The summed E-state index contributed by atoms with van der Waals surface area (Å²) >= 11 is 1.51. The highest BCUT2D eigenvalue weighted by molar-refractivity contribution is 7.17. The van der Waals surface area contributed by atoms with Crippen LogP contribution in [0, 0.1) is 0 Å². The maximum atomic E-state index is 13.3. The van der Waals surface area contributed by atoms with Crippen molar-refractivity contribution in [2.45, 2.75) is 25.7 Å². The van der Waals surface area contributed by atoms with Crippen molar-refractivity contribution in [1.29, 1.82) is 0 Å². The van der Waals surface area contributed by atoms with Gasteiger partial charge in [0.15, 0.2) is 11.5 Å². The van der Waals surface area contributed by atoms with Crippen LogP contribution in [-0.2, 0) is 12.8 Å². The van der Waals surface area contributed by atoms with Crippen molar-refractivity contribution in [3.05, 3.63) is 70.1 Å². The van der Waals surface area contributed by atoms with Crippen LogP contribution in [0.25, 0.3) is 0 Å². The Bertz CT molecular complexity index is 1120. The molecule has 7 heteroatoms. The van der Waals surface area contributed by atoms with E-state index in [9.17, 15) is 9.59 Å². The average Bonchev–Trinajstić information content (AvgIpc) is 3.38. The van der Waals surface area contributed by atoms with Gasteiger partial charge in [0, 0.05) is 22.2 Å². The van der Waals surface area contributed by atoms with Crippen LogP contribution < -0.4 is 20.1 Å². The highest BCUT2D eigenvalue weighted by Crippen LogP contribution is 2.39. The second kappa shape index (κ2) is 7.84. The van der Waals surface area contributed by atoms with E-state index in [0.29, 0.717) is 33.3 Å². The van der Waals surface area contributed by atoms with Gasteiger partial charge in [0.25, 0.3) is 11.8 Å². The van der Waals surface area contributed by atoms with E-state index in [1.54, 1.807) is 30.3 Å². The number of aryl methyl sites for hydroxylation is 1. The van der Waals surface area contributed by atoms with E-state index in [1.165, 1.54) is 16.2 Å². The van der Waals surface area contributed by atoms with Gasteiger partial charge in [-0.3, -0.25) is 9.59 Å². The quantitative estimate of drug-likeness (QED) is 0.632. The van der Waals surface area contributed by atoms with Gasteiger partial charge in [-0.25, -0.2) is 0 Å². The molecule has 5 rings (SSSR count). The minimum absolute atomic E-state index is 0.181. The predicted octanol–water partition coefficient (Wildman–Crippen LogP) is 4.86. The SMILES string of the molecule is O=C(Nc1sc2c(c1C(=O)Nc1ccc3c(c1)OCO3)CCCC2)c1ccccc1. The smallest absolute Gasteiger partial charge is 0.258 e. The highest BCUT2D eigenvalue weighted by Gasteiger charge is 2.27. The predicted molar refractivity (Wildman–Crippen MR) is 116 cm³/mol. The number of rotatable bonds is 4. The average molecular weight is 420 g/mol. The van der Waals surface area contributed by atoms with Gasteiger partial charge in [-0.05, 0) is 55.5 Å². The van der Waals surface area contributed by atoms with Gasteiger partial charge in [-0.2, -0.15) is 0 Å². The van der Waals surface area contributed by atoms with Crippen LogP contribution in [0.4, 0.5) is 10.7 Å². The lowest BCUT2D eigenvalue weighted by Crippen LogP contribution is -2.18. The fraction of sp³-hybridized carbons (Fsp3) is 0.217. The molecular formula is C23H20N2O4S. The summed E-state index contributed by atoms with van der Waals surface area (Å²) in [5.41, 5.74) is 2.80. The topological polar surface area (TPSA) is 76.7 Å². The fourth-order valence-corrected chi connectivity index (χ4v) is 5.11. The van der Waals surface area contributed by atoms with Crippen molar-refractivity contribution in [3.63, 3.8) is 0 Å². The number of anilines is 2. The van der Waals surface area contributed by atoms with E-state index in [-0.39, 0.29) is 18.6 Å².